The molecule has 0 radical (unpaired) electrons. The Balaban J connectivity index is 1.99. The number of rotatable bonds is 5. The van der Waals surface area contributed by atoms with Crippen LogP contribution >= 0.6 is 0 Å². The normalized spacial score (nSPS) is 20.7. The van der Waals surface area contributed by atoms with E-state index in [2.05, 4.69) is 61.7 Å². The van der Waals surface area contributed by atoms with Gasteiger partial charge in [-0.25, -0.2) is 0 Å². The van der Waals surface area contributed by atoms with Crippen molar-refractivity contribution in [1.29, 1.82) is 0 Å². The van der Waals surface area contributed by atoms with E-state index >= 15 is 0 Å². The van der Waals surface area contributed by atoms with E-state index in [0.717, 1.165) is 13.1 Å². The van der Waals surface area contributed by atoms with E-state index < -0.39 is 0 Å². The Bertz CT molecular complexity index is 469. The van der Waals surface area contributed by atoms with Crippen LogP contribution in [-0.4, -0.2) is 41.4 Å². The number of nitrogens with one attached hydrogen (secondary N) is 1. The minimum Gasteiger partial charge on any atom is -0.310 e. The second kappa shape index (κ2) is 6.49. The van der Waals surface area contributed by atoms with E-state index in [1.165, 1.54) is 42.9 Å². The van der Waals surface area contributed by atoms with Crippen molar-refractivity contribution < 1.29 is 0 Å². The minimum absolute atomic E-state index is 0.377. The molecule has 1 aliphatic heterocycles. The Labute approximate surface area is 129 Å². The van der Waals surface area contributed by atoms with E-state index in [0.29, 0.717) is 11.5 Å². The largest absolute Gasteiger partial charge is 0.310 e. The Hall–Kier alpha value is -0.870. The summed E-state index contributed by atoms with van der Waals surface area (Å²) in [5, 5.41) is 8.41. The molecule has 1 aromatic rings. The van der Waals surface area contributed by atoms with Gasteiger partial charge < -0.3 is 10.2 Å². The molecule has 4 heteroatoms. The van der Waals surface area contributed by atoms with Gasteiger partial charge in [0.05, 0.1) is 5.69 Å². The smallest absolute Gasteiger partial charge is 0.0644 e. The summed E-state index contributed by atoms with van der Waals surface area (Å²) in [5.74, 6) is 0. The fraction of sp³-hybridized carbons (Fsp3) is 0.824. The predicted octanol–water partition coefficient (Wildman–Crippen LogP) is 2.90. The lowest BCUT2D eigenvalue weighted by Gasteiger charge is -2.38. The van der Waals surface area contributed by atoms with Crippen LogP contribution in [0.15, 0.2) is 0 Å². The standard InChI is InChI=1S/C17H32N4/c1-7-21-15(4)16(14(3)19-21)13(2)18-12-17(5)8-10-20(6)11-9-17/h13,18H,7-12H2,1-6H3. The van der Waals surface area contributed by atoms with Crippen LogP contribution in [0.2, 0.25) is 0 Å². The minimum atomic E-state index is 0.377. The predicted molar refractivity (Wildman–Crippen MR) is 88.6 cm³/mol. The first-order chi connectivity index (χ1) is 9.86. The van der Waals surface area contributed by atoms with Crippen LogP contribution < -0.4 is 5.32 Å². The zero-order chi connectivity index (χ0) is 15.6. The van der Waals surface area contributed by atoms with E-state index in [4.69, 9.17) is 0 Å². The number of aryl methyl sites for hydroxylation is 2. The van der Waals surface area contributed by atoms with Crippen LogP contribution in [0.1, 0.15) is 56.6 Å². The third kappa shape index (κ3) is 3.67. The zero-order valence-electron chi connectivity index (χ0n) is 14.7. The van der Waals surface area contributed by atoms with Crippen molar-refractivity contribution in [3.8, 4) is 0 Å². The van der Waals surface area contributed by atoms with Crippen LogP contribution in [0.4, 0.5) is 0 Å². The number of piperidine rings is 1. The van der Waals surface area contributed by atoms with Crippen molar-refractivity contribution in [2.24, 2.45) is 5.41 Å². The summed E-state index contributed by atoms with van der Waals surface area (Å²) in [6, 6.07) is 0.377. The summed E-state index contributed by atoms with van der Waals surface area (Å²) >= 11 is 0. The molecule has 1 N–H and O–H groups in total. The quantitative estimate of drug-likeness (QED) is 0.906. The van der Waals surface area contributed by atoms with Gasteiger partial charge in [-0.1, -0.05) is 6.92 Å². The molecule has 2 heterocycles. The van der Waals surface area contributed by atoms with Gasteiger partial charge in [0.25, 0.3) is 0 Å². The van der Waals surface area contributed by atoms with Crippen molar-refractivity contribution in [3.63, 3.8) is 0 Å². The molecule has 0 saturated carbocycles. The number of hydrogen-bond acceptors (Lipinski definition) is 3. The molecule has 0 amide bonds. The number of hydrogen-bond donors (Lipinski definition) is 1. The van der Waals surface area contributed by atoms with Crippen molar-refractivity contribution in [1.82, 2.24) is 20.0 Å². The molecule has 4 nitrogen and oxygen atoms in total. The highest BCUT2D eigenvalue weighted by Crippen LogP contribution is 2.31. The molecule has 1 saturated heterocycles. The molecule has 120 valence electrons. The lowest BCUT2D eigenvalue weighted by Crippen LogP contribution is -2.42. The van der Waals surface area contributed by atoms with Gasteiger partial charge in [0.15, 0.2) is 0 Å². The van der Waals surface area contributed by atoms with Gasteiger partial charge in [0, 0.05) is 30.4 Å². The van der Waals surface area contributed by atoms with Gasteiger partial charge in [0.1, 0.15) is 0 Å². The van der Waals surface area contributed by atoms with Crippen LogP contribution in [-0.2, 0) is 6.54 Å². The lowest BCUT2D eigenvalue weighted by molar-refractivity contribution is 0.134. The van der Waals surface area contributed by atoms with Gasteiger partial charge >= 0.3 is 0 Å². The molecule has 2 rings (SSSR count). The summed E-state index contributed by atoms with van der Waals surface area (Å²) in [6.07, 6.45) is 2.57. The lowest BCUT2D eigenvalue weighted by atomic mass is 9.80. The molecule has 1 aromatic heterocycles. The van der Waals surface area contributed by atoms with Crippen molar-refractivity contribution in [2.75, 3.05) is 26.7 Å². The Morgan fingerprint density at radius 2 is 1.90 bits per heavy atom. The summed E-state index contributed by atoms with van der Waals surface area (Å²) in [6.45, 7) is 15.7. The summed E-state index contributed by atoms with van der Waals surface area (Å²) in [5.41, 5.74) is 4.29. The third-order valence-corrected chi connectivity index (χ3v) is 5.20. The maximum Gasteiger partial charge on any atom is 0.0644 e. The molecule has 1 unspecified atom stereocenters. The van der Waals surface area contributed by atoms with E-state index in [9.17, 15) is 0 Å². The summed E-state index contributed by atoms with van der Waals surface area (Å²) < 4.78 is 2.11. The highest BCUT2D eigenvalue weighted by atomic mass is 15.3. The molecule has 0 aromatic carbocycles. The first-order valence-corrected chi connectivity index (χ1v) is 8.32. The maximum atomic E-state index is 4.64. The van der Waals surface area contributed by atoms with Crippen molar-refractivity contribution in [3.05, 3.63) is 17.0 Å². The zero-order valence-corrected chi connectivity index (χ0v) is 14.7. The average molecular weight is 292 g/mol. The SMILES string of the molecule is CCn1nc(C)c(C(C)NCC2(C)CCN(C)CC2)c1C. The first kappa shape index (κ1) is 16.5. The molecule has 0 aliphatic carbocycles. The second-order valence-electron chi connectivity index (χ2n) is 7.12. The van der Waals surface area contributed by atoms with Crippen LogP contribution in [0, 0.1) is 19.3 Å². The van der Waals surface area contributed by atoms with Gasteiger partial charge in [-0.15, -0.1) is 0 Å². The molecule has 1 atom stereocenters. The highest BCUT2D eigenvalue weighted by Gasteiger charge is 2.29. The highest BCUT2D eigenvalue weighted by molar-refractivity contribution is 5.27. The fourth-order valence-corrected chi connectivity index (χ4v) is 3.48. The monoisotopic (exact) mass is 292 g/mol. The average Bonchev–Trinajstić information content (AvgIpc) is 2.74. The van der Waals surface area contributed by atoms with Gasteiger partial charge in [-0.05, 0) is 66.1 Å². The number of nitrogens with zero attached hydrogens (tertiary/aromatic N) is 3. The molecule has 1 aliphatic rings. The van der Waals surface area contributed by atoms with Crippen LogP contribution in [0.3, 0.4) is 0 Å². The molecule has 0 spiro atoms. The van der Waals surface area contributed by atoms with E-state index in [-0.39, 0.29) is 0 Å². The maximum absolute atomic E-state index is 4.64. The van der Waals surface area contributed by atoms with Gasteiger partial charge in [-0.3, -0.25) is 4.68 Å². The molecular formula is C17H32N4. The third-order valence-electron chi connectivity index (χ3n) is 5.20. The molecular weight excluding hydrogens is 260 g/mol. The molecule has 1 fully saturated rings. The van der Waals surface area contributed by atoms with Crippen molar-refractivity contribution in [2.45, 2.75) is 60.0 Å². The topological polar surface area (TPSA) is 33.1 Å². The first-order valence-electron chi connectivity index (χ1n) is 8.32. The van der Waals surface area contributed by atoms with Gasteiger partial charge in [-0.2, -0.15) is 5.10 Å². The number of likely N-dealkylation sites (tertiary alicyclic amines) is 1. The molecule has 21 heavy (non-hydrogen) atoms. The Morgan fingerprint density at radius 3 is 2.43 bits per heavy atom. The Morgan fingerprint density at radius 1 is 1.29 bits per heavy atom. The fourth-order valence-electron chi connectivity index (χ4n) is 3.48. The van der Waals surface area contributed by atoms with Crippen LogP contribution in [0.5, 0.6) is 0 Å². The Kier molecular flexibility index (Phi) is 5.10. The summed E-state index contributed by atoms with van der Waals surface area (Å²) in [4.78, 5) is 2.44. The second-order valence-corrected chi connectivity index (χ2v) is 7.12. The van der Waals surface area contributed by atoms with Gasteiger partial charge in [0.2, 0.25) is 0 Å². The van der Waals surface area contributed by atoms with E-state index in [1.54, 1.807) is 0 Å². The van der Waals surface area contributed by atoms with E-state index in [1.807, 2.05) is 0 Å². The molecule has 0 bridgehead atoms. The van der Waals surface area contributed by atoms with Crippen LogP contribution in [0.25, 0.3) is 0 Å². The summed E-state index contributed by atoms with van der Waals surface area (Å²) in [7, 11) is 2.22. The van der Waals surface area contributed by atoms with Crippen molar-refractivity contribution >= 4 is 0 Å². The number of aromatic nitrogens is 2.